The van der Waals surface area contributed by atoms with Crippen LogP contribution in [0.3, 0.4) is 0 Å². The van der Waals surface area contributed by atoms with E-state index in [2.05, 4.69) is 19.2 Å². The summed E-state index contributed by atoms with van der Waals surface area (Å²) in [7, 11) is 0. The van der Waals surface area contributed by atoms with Gasteiger partial charge in [0.1, 0.15) is 0 Å². The van der Waals surface area contributed by atoms with Crippen molar-refractivity contribution in [2.45, 2.75) is 71.8 Å². The highest BCUT2D eigenvalue weighted by atomic mass is 16.4. The lowest BCUT2D eigenvalue weighted by atomic mass is 9.93. The van der Waals surface area contributed by atoms with Gasteiger partial charge in [-0.2, -0.15) is 0 Å². The van der Waals surface area contributed by atoms with Crippen LogP contribution in [-0.2, 0) is 9.59 Å². The molecular weight excluding hydrogens is 230 g/mol. The molecule has 0 radical (unpaired) electrons. The number of hydrogen-bond acceptors (Lipinski definition) is 2. The monoisotopic (exact) mass is 257 g/mol. The largest absolute Gasteiger partial charge is 0.481 e. The molecule has 0 heterocycles. The van der Waals surface area contributed by atoms with Crippen LogP contribution in [0.5, 0.6) is 0 Å². The summed E-state index contributed by atoms with van der Waals surface area (Å²) >= 11 is 0. The predicted octanol–water partition coefficient (Wildman–Crippen LogP) is 2.96. The van der Waals surface area contributed by atoms with E-state index in [-0.39, 0.29) is 18.2 Å². The molecule has 1 amide bonds. The number of amides is 1. The molecule has 0 rings (SSSR count). The van der Waals surface area contributed by atoms with Gasteiger partial charge in [-0.3, -0.25) is 9.59 Å². The summed E-state index contributed by atoms with van der Waals surface area (Å²) in [6, 6.07) is 0. The SMILES string of the molecule is CCCC(CCC)C(=O)NC(C)(C)CCC(=O)O. The number of carboxylic acid groups (broad SMARTS) is 1. The van der Waals surface area contributed by atoms with Gasteiger partial charge in [0.05, 0.1) is 0 Å². The Morgan fingerprint density at radius 3 is 2.06 bits per heavy atom. The van der Waals surface area contributed by atoms with Gasteiger partial charge in [-0.05, 0) is 33.1 Å². The lowest BCUT2D eigenvalue weighted by molar-refractivity contribution is -0.138. The summed E-state index contributed by atoms with van der Waals surface area (Å²) in [5, 5.41) is 11.7. The van der Waals surface area contributed by atoms with E-state index < -0.39 is 11.5 Å². The number of aliphatic carboxylic acids is 1. The van der Waals surface area contributed by atoms with E-state index in [1.807, 2.05) is 13.8 Å². The van der Waals surface area contributed by atoms with Crippen molar-refractivity contribution in [3.63, 3.8) is 0 Å². The average Bonchev–Trinajstić information content (AvgIpc) is 2.25. The summed E-state index contributed by atoms with van der Waals surface area (Å²) < 4.78 is 0. The first-order valence-electron chi connectivity index (χ1n) is 6.86. The molecule has 0 spiro atoms. The van der Waals surface area contributed by atoms with Gasteiger partial charge < -0.3 is 10.4 Å². The first kappa shape index (κ1) is 16.9. The molecule has 0 saturated heterocycles. The second-order valence-corrected chi connectivity index (χ2v) is 5.54. The molecule has 0 aliphatic heterocycles. The topological polar surface area (TPSA) is 66.4 Å². The number of nitrogens with one attached hydrogen (secondary N) is 1. The van der Waals surface area contributed by atoms with Crippen molar-refractivity contribution in [3.05, 3.63) is 0 Å². The first-order valence-corrected chi connectivity index (χ1v) is 6.86. The van der Waals surface area contributed by atoms with Gasteiger partial charge >= 0.3 is 5.97 Å². The first-order chi connectivity index (χ1) is 8.32. The molecule has 0 aliphatic carbocycles. The highest BCUT2D eigenvalue weighted by Crippen LogP contribution is 2.17. The molecule has 0 fully saturated rings. The molecule has 4 heteroatoms. The minimum atomic E-state index is -0.823. The molecule has 0 unspecified atom stereocenters. The molecule has 0 aromatic heterocycles. The molecule has 0 aromatic rings. The van der Waals surface area contributed by atoms with Crippen molar-refractivity contribution < 1.29 is 14.7 Å². The number of hydrogen-bond donors (Lipinski definition) is 2. The Morgan fingerprint density at radius 1 is 1.17 bits per heavy atom. The van der Waals surface area contributed by atoms with E-state index in [4.69, 9.17) is 5.11 Å². The van der Waals surface area contributed by atoms with E-state index in [0.717, 1.165) is 25.7 Å². The second kappa shape index (κ2) is 8.11. The summed E-state index contributed by atoms with van der Waals surface area (Å²) in [6.07, 6.45) is 4.32. The Bertz CT molecular complexity index is 268. The Labute approximate surface area is 110 Å². The highest BCUT2D eigenvalue weighted by molar-refractivity contribution is 5.79. The fraction of sp³-hybridized carbons (Fsp3) is 0.857. The fourth-order valence-corrected chi connectivity index (χ4v) is 2.02. The summed E-state index contributed by atoms with van der Waals surface area (Å²) in [6.45, 7) is 7.91. The molecule has 0 bridgehead atoms. The van der Waals surface area contributed by atoms with Gasteiger partial charge in [0.15, 0.2) is 0 Å². The molecule has 0 saturated carbocycles. The zero-order valence-corrected chi connectivity index (χ0v) is 12.1. The molecule has 0 aliphatic rings. The standard InChI is InChI=1S/C14H27NO3/c1-5-7-11(8-6-2)13(18)15-14(3,4)10-9-12(16)17/h11H,5-10H2,1-4H3,(H,15,18)(H,16,17). The summed E-state index contributed by atoms with van der Waals surface area (Å²) in [4.78, 5) is 22.7. The predicted molar refractivity (Wildman–Crippen MR) is 72.4 cm³/mol. The minimum Gasteiger partial charge on any atom is -0.481 e. The summed E-state index contributed by atoms with van der Waals surface area (Å²) in [5.41, 5.74) is -0.449. The van der Waals surface area contributed by atoms with Gasteiger partial charge in [0.2, 0.25) is 5.91 Å². The maximum Gasteiger partial charge on any atom is 0.303 e. The van der Waals surface area contributed by atoms with E-state index in [1.165, 1.54) is 0 Å². The smallest absolute Gasteiger partial charge is 0.303 e. The third kappa shape index (κ3) is 7.30. The van der Waals surface area contributed by atoms with Crippen LogP contribution in [0, 0.1) is 5.92 Å². The van der Waals surface area contributed by atoms with Gasteiger partial charge in [0.25, 0.3) is 0 Å². The van der Waals surface area contributed by atoms with Crippen LogP contribution >= 0.6 is 0 Å². The van der Waals surface area contributed by atoms with E-state index >= 15 is 0 Å². The Kier molecular flexibility index (Phi) is 7.64. The van der Waals surface area contributed by atoms with E-state index in [1.54, 1.807) is 0 Å². The zero-order valence-electron chi connectivity index (χ0n) is 12.1. The van der Waals surface area contributed by atoms with Crippen molar-refractivity contribution >= 4 is 11.9 Å². The maximum atomic E-state index is 12.1. The number of carbonyl (C=O) groups excluding carboxylic acids is 1. The van der Waals surface area contributed by atoms with Gasteiger partial charge in [0, 0.05) is 17.9 Å². The number of carboxylic acids is 1. The van der Waals surface area contributed by atoms with Crippen molar-refractivity contribution in [2.24, 2.45) is 5.92 Å². The lowest BCUT2D eigenvalue weighted by Gasteiger charge is -2.28. The average molecular weight is 257 g/mol. The lowest BCUT2D eigenvalue weighted by Crippen LogP contribution is -2.46. The minimum absolute atomic E-state index is 0.0594. The normalized spacial score (nSPS) is 11.6. The third-order valence-corrected chi connectivity index (χ3v) is 3.07. The molecular formula is C14H27NO3. The van der Waals surface area contributed by atoms with Crippen molar-refractivity contribution in [1.29, 1.82) is 0 Å². The highest BCUT2D eigenvalue weighted by Gasteiger charge is 2.25. The molecule has 4 nitrogen and oxygen atoms in total. The molecule has 2 N–H and O–H groups in total. The number of rotatable bonds is 9. The van der Waals surface area contributed by atoms with Crippen LogP contribution < -0.4 is 5.32 Å². The van der Waals surface area contributed by atoms with Crippen molar-refractivity contribution in [2.75, 3.05) is 0 Å². The fourth-order valence-electron chi connectivity index (χ4n) is 2.02. The second-order valence-electron chi connectivity index (χ2n) is 5.54. The molecule has 18 heavy (non-hydrogen) atoms. The van der Waals surface area contributed by atoms with Crippen LogP contribution in [0.25, 0.3) is 0 Å². The Morgan fingerprint density at radius 2 is 1.67 bits per heavy atom. The molecule has 0 atom stereocenters. The van der Waals surface area contributed by atoms with Gasteiger partial charge in [-0.15, -0.1) is 0 Å². The summed E-state index contributed by atoms with van der Waals surface area (Å²) in [5.74, 6) is -0.700. The Hall–Kier alpha value is -1.06. The van der Waals surface area contributed by atoms with Gasteiger partial charge in [-0.1, -0.05) is 26.7 Å². The van der Waals surface area contributed by atoms with Crippen molar-refractivity contribution in [1.82, 2.24) is 5.32 Å². The van der Waals surface area contributed by atoms with Gasteiger partial charge in [-0.25, -0.2) is 0 Å². The van der Waals surface area contributed by atoms with E-state index in [9.17, 15) is 9.59 Å². The maximum absolute atomic E-state index is 12.1. The zero-order chi connectivity index (χ0) is 14.2. The van der Waals surface area contributed by atoms with Crippen LogP contribution in [0.2, 0.25) is 0 Å². The molecule has 0 aromatic carbocycles. The Balaban J connectivity index is 4.35. The van der Waals surface area contributed by atoms with Crippen LogP contribution in [0.15, 0.2) is 0 Å². The molecule has 106 valence electrons. The van der Waals surface area contributed by atoms with Crippen molar-refractivity contribution in [3.8, 4) is 0 Å². The van der Waals surface area contributed by atoms with Crippen LogP contribution in [0.1, 0.15) is 66.2 Å². The van der Waals surface area contributed by atoms with E-state index in [0.29, 0.717) is 6.42 Å². The van der Waals surface area contributed by atoms with Crippen LogP contribution in [-0.4, -0.2) is 22.5 Å². The number of carbonyl (C=O) groups is 2. The van der Waals surface area contributed by atoms with Crippen LogP contribution in [0.4, 0.5) is 0 Å². The quantitative estimate of drug-likeness (QED) is 0.667. The third-order valence-electron chi connectivity index (χ3n) is 3.07.